The predicted molar refractivity (Wildman–Crippen MR) is 74.4 cm³/mol. The number of aromatic nitrogens is 2. The number of nitrogens with one attached hydrogen (secondary N) is 1. The Hall–Kier alpha value is -2.12. The number of hydrogen-bond acceptors (Lipinski definition) is 7. The van der Waals surface area contributed by atoms with Gasteiger partial charge in [-0.05, 0) is 23.6 Å². The molecular formula is C13H13N3O3S. The summed E-state index contributed by atoms with van der Waals surface area (Å²) in [5.41, 5.74) is 0. The number of ether oxygens (including phenoxy) is 1. The third-order valence-corrected chi connectivity index (χ3v) is 3.43. The summed E-state index contributed by atoms with van der Waals surface area (Å²) in [7, 11) is 1.63. The average Bonchev–Trinajstić information content (AvgIpc) is 3.18. The van der Waals surface area contributed by atoms with E-state index in [0.717, 1.165) is 16.4 Å². The van der Waals surface area contributed by atoms with E-state index in [1.54, 1.807) is 18.4 Å². The van der Waals surface area contributed by atoms with Gasteiger partial charge < -0.3 is 18.9 Å². The van der Waals surface area contributed by atoms with E-state index >= 15 is 0 Å². The van der Waals surface area contributed by atoms with E-state index in [-0.39, 0.29) is 0 Å². The van der Waals surface area contributed by atoms with Crippen molar-refractivity contribution in [1.29, 1.82) is 0 Å². The van der Waals surface area contributed by atoms with Crippen molar-refractivity contribution in [2.45, 2.75) is 13.2 Å². The van der Waals surface area contributed by atoms with Crippen LogP contribution in [0, 0.1) is 0 Å². The number of nitrogens with zero attached hydrogens (tertiary/aromatic N) is 2. The van der Waals surface area contributed by atoms with Gasteiger partial charge in [-0.2, -0.15) is 0 Å². The lowest BCUT2D eigenvalue weighted by Gasteiger charge is -1.97. The molecule has 0 fully saturated rings. The lowest BCUT2D eigenvalue weighted by Crippen LogP contribution is -1.98. The van der Waals surface area contributed by atoms with Crippen LogP contribution in [0.3, 0.4) is 0 Å². The summed E-state index contributed by atoms with van der Waals surface area (Å²) in [6.07, 6.45) is 0. The Morgan fingerprint density at radius 1 is 1.20 bits per heavy atom. The van der Waals surface area contributed by atoms with E-state index in [0.29, 0.717) is 25.1 Å². The molecule has 0 amide bonds. The third-order valence-electron chi connectivity index (χ3n) is 2.57. The molecule has 0 aliphatic rings. The SMILES string of the molecule is COCc1ccc(CNc2nnc(-c3cccs3)o2)o1. The van der Waals surface area contributed by atoms with Crippen molar-refractivity contribution in [3.05, 3.63) is 41.2 Å². The molecule has 0 bridgehead atoms. The number of rotatable bonds is 6. The molecule has 104 valence electrons. The first-order valence-electron chi connectivity index (χ1n) is 6.03. The zero-order valence-corrected chi connectivity index (χ0v) is 11.6. The fourth-order valence-corrected chi connectivity index (χ4v) is 2.34. The zero-order valence-electron chi connectivity index (χ0n) is 10.8. The van der Waals surface area contributed by atoms with Gasteiger partial charge >= 0.3 is 6.01 Å². The lowest BCUT2D eigenvalue weighted by atomic mass is 10.4. The summed E-state index contributed by atoms with van der Waals surface area (Å²) >= 11 is 1.56. The normalized spacial score (nSPS) is 10.8. The van der Waals surface area contributed by atoms with Crippen LogP contribution >= 0.6 is 11.3 Å². The highest BCUT2D eigenvalue weighted by Gasteiger charge is 2.09. The largest absolute Gasteiger partial charge is 0.462 e. The second kappa shape index (κ2) is 5.89. The molecule has 0 saturated heterocycles. The van der Waals surface area contributed by atoms with Crippen LogP contribution in [0.4, 0.5) is 6.01 Å². The minimum atomic E-state index is 0.373. The van der Waals surface area contributed by atoms with Crippen LogP contribution in [-0.2, 0) is 17.9 Å². The molecule has 0 aromatic carbocycles. The van der Waals surface area contributed by atoms with E-state index in [2.05, 4.69) is 15.5 Å². The van der Waals surface area contributed by atoms with Crippen LogP contribution < -0.4 is 5.32 Å². The zero-order chi connectivity index (χ0) is 13.8. The number of methoxy groups -OCH3 is 1. The molecule has 6 nitrogen and oxygen atoms in total. The summed E-state index contributed by atoms with van der Waals surface area (Å²) in [5, 5.41) is 12.9. The summed E-state index contributed by atoms with van der Waals surface area (Å²) in [6, 6.07) is 8.02. The Kier molecular flexibility index (Phi) is 3.80. The quantitative estimate of drug-likeness (QED) is 0.752. The van der Waals surface area contributed by atoms with Crippen molar-refractivity contribution in [1.82, 2.24) is 10.2 Å². The van der Waals surface area contributed by atoms with Crippen LogP contribution in [0.25, 0.3) is 10.8 Å². The molecule has 0 radical (unpaired) electrons. The van der Waals surface area contributed by atoms with Gasteiger partial charge in [-0.1, -0.05) is 11.2 Å². The number of hydrogen-bond donors (Lipinski definition) is 1. The van der Waals surface area contributed by atoms with E-state index < -0.39 is 0 Å². The lowest BCUT2D eigenvalue weighted by molar-refractivity contribution is 0.163. The summed E-state index contributed by atoms with van der Waals surface area (Å²) in [6.45, 7) is 0.943. The Labute approximate surface area is 119 Å². The first-order valence-corrected chi connectivity index (χ1v) is 6.91. The van der Waals surface area contributed by atoms with Crippen molar-refractivity contribution in [3.8, 4) is 10.8 Å². The van der Waals surface area contributed by atoms with Crippen LogP contribution in [0.15, 0.2) is 38.5 Å². The highest BCUT2D eigenvalue weighted by molar-refractivity contribution is 7.13. The van der Waals surface area contributed by atoms with Crippen LogP contribution in [-0.4, -0.2) is 17.3 Å². The molecule has 0 spiro atoms. The number of furan rings is 1. The molecule has 3 aromatic heterocycles. The molecule has 0 unspecified atom stereocenters. The van der Waals surface area contributed by atoms with Crippen molar-refractivity contribution in [3.63, 3.8) is 0 Å². The van der Waals surface area contributed by atoms with Gasteiger partial charge in [0.05, 0.1) is 11.4 Å². The van der Waals surface area contributed by atoms with E-state index in [4.69, 9.17) is 13.6 Å². The highest BCUT2D eigenvalue weighted by atomic mass is 32.1. The second-order valence-corrected chi connectivity index (χ2v) is 4.99. The first kappa shape index (κ1) is 12.9. The van der Waals surface area contributed by atoms with Crippen molar-refractivity contribution < 1.29 is 13.6 Å². The molecular weight excluding hydrogens is 278 g/mol. The minimum Gasteiger partial charge on any atom is -0.462 e. The maximum atomic E-state index is 5.55. The molecule has 0 aliphatic heterocycles. The van der Waals surface area contributed by atoms with Crippen molar-refractivity contribution in [2.75, 3.05) is 12.4 Å². The van der Waals surface area contributed by atoms with Crippen molar-refractivity contribution in [2.24, 2.45) is 0 Å². The van der Waals surface area contributed by atoms with Gasteiger partial charge in [0.25, 0.3) is 5.89 Å². The fraction of sp³-hybridized carbons (Fsp3) is 0.231. The van der Waals surface area contributed by atoms with Crippen LogP contribution in [0.1, 0.15) is 11.5 Å². The van der Waals surface area contributed by atoms with Gasteiger partial charge in [-0.25, -0.2) is 0 Å². The maximum absolute atomic E-state index is 5.55. The van der Waals surface area contributed by atoms with E-state index in [9.17, 15) is 0 Å². The fourth-order valence-electron chi connectivity index (χ4n) is 1.69. The Balaban J connectivity index is 1.60. The second-order valence-electron chi connectivity index (χ2n) is 4.04. The summed E-state index contributed by atoms with van der Waals surface area (Å²) in [4.78, 5) is 0.950. The smallest absolute Gasteiger partial charge is 0.316 e. The molecule has 3 heterocycles. The van der Waals surface area contributed by atoms with Gasteiger partial charge in [0.2, 0.25) is 0 Å². The molecule has 20 heavy (non-hydrogen) atoms. The molecule has 0 aliphatic carbocycles. The van der Waals surface area contributed by atoms with Gasteiger partial charge in [0.1, 0.15) is 18.1 Å². The summed E-state index contributed by atoms with van der Waals surface area (Å²) in [5.74, 6) is 2.09. The Bertz CT molecular complexity index is 660. The predicted octanol–water partition coefficient (Wildman–Crippen LogP) is 3.15. The topological polar surface area (TPSA) is 73.3 Å². The minimum absolute atomic E-state index is 0.373. The molecule has 3 rings (SSSR count). The van der Waals surface area contributed by atoms with E-state index in [1.807, 2.05) is 29.6 Å². The molecule has 0 atom stereocenters. The average molecular weight is 291 g/mol. The van der Waals surface area contributed by atoms with Crippen LogP contribution in [0.5, 0.6) is 0 Å². The maximum Gasteiger partial charge on any atom is 0.316 e. The third kappa shape index (κ3) is 2.89. The van der Waals surface area contributed by atoms with Crippen molar-refractivity contribution >= 4 is 17.4 Å². The molecule has 3 aromatic rings. The van der Waals surface area contributed by atoms with Gasteiger partial charge in [0.15, 0.2) is 0 Å². The molecule has 1 N–H and O–H groups in total. The Morgan fingerprint density at radius 3 is 2.90 bits per heavy atom. The number of thiophene rings is 1. The van der Waals surface area contributed by atoms with Gasteiger partial charge in [-0.3, -0.25) is 0 Å². The number of anilines is 1. The van der Waals surface area contributed by atoms with Gasteiger partial charge in [-0.15, -0.1) is 16.4 Å². The van der Waals surface area contributed by atoms with Gasteiger partial charge in [0, 0.05) is 7.11 Å². The van der Waals surface area contributed by atoms with E-state index in [1.165, 1.54) is 0 Å². The van der Waals surface area contributed by atoms with Crippen LogP contribution in [0.2, 0.25) is 0 Å². The summed E-state index contributed by atoms with van der Waals surface area (Å²) < 4.78 is 16.1. The molecule has 7 heteroatoms. The standard InChI is InChI=1S/C13H13N3O3S/c1-17-8-10-5-4-9(18-10)7-14-13-16-15-12(19-13)11-3-2-6-20-11/h2-6H,7-8H2,1H3,(H,14,16). The first-order chi connectivity index (χ1) is 9.85. The molecule has 0 saturated carbocycles. The Morgan fingerprint density at radius 2 is 2.10 bits per heavy atom. The monoisotopic (exact) mass is 291 g/mol. The highest BCUT2D eigenvalue weighted by Crippen LogP contribution is 2.24.